The van der Waals surface area contributed by atoms with Gasteiger partial charge in [-0.3, -0.25) is 4.79 Å². The van der Waals surface area contributed by atoms with Crippen LogP contribution < -0.4 is 5.32 Å². The fourth-order valence-corrected chi connectivity index (χ4v) is 6.45. The van der Waals surface area contributed by atoms with E-state index in [-0.39, 0.29) is 17.1 Å². The van der Waals surface area contributed by atoms with Gasteiger partial charge in [-0.25, -0.2) is 8.42 Å². The molecule has 4 nitrogen and oxygen atoms in total. The molecule has 4 fully saturated rings. The molecule has 4 aliphatic carbocycles. The van der Waals surface area contributed by atoms with Crippen molar-refractivity contribution in [2.75, 3.05) is 11.1 Å². The number of hydrogen-bond donors (Lipinski definition) is 1. The standard InChI is InChI=1S/C19H25NO3S/c1-2-24(22,23)17-5-3-16(4-6-17)20-18(21)19-10-13-7-14(11-19)9-15(8-13)12-19/h3-6,13-15H,2,7-12H2,1H3,(H,20,21). The van der Waals surface area contributed by atoms with Crippen molar-refractivity contribution in [1.29, 1.82) is 0 Å². The molecule has 1 aromatic carbocycles. The topological polar surface area (TPSA) is 63.2 Å². The number of anilines is 1. The van der Waals surface area contributed by atoms with Crippen molar-refractivity contribution >= 4 is 21.4 Å². The van der Waals surface area contributed by atoms with Crippen LogP contribution in [0.1, 0.15) is 45.4 Å². The minimum Gasteiger partial charge on any atom is -0.326 e. The molecule has 130 valence electrons. The Hall–Kier alpha value is -1.36. The molecule has 1 aromatic rings. The molecule has 24 heavy (non-hydrogen) atoms. The van der Waals surface area contributed by atoms with Gasteiger partial charge in [0.1, 0.15) is 0 Å². The van der Waals surface area contributed by atoms with Crippen LogP contribution in [0.3, 0.4) is 0 Å². The number of carbonyl (C=O) groups excluding carboxylic acids is 1. The lowest BCUT2D eigenvalue weighted by Gasteiger charge is -2.55. The van der Waals surface area contributed by atoms with E-state index in [4.69, 9.17) is 0 Å². The van der Waals surface area contributed by atoms with E-state index in [1.807, 2.05) is 0 Å². The number of rotatable bonds is 4. The summed E-state index contributed by atoms with van der Waals surface area (Å²) < 4.78 is 23.8. The quantitative estimate of drug-likeness (QED) is 0.904. The summed E-state index contributed by atoms with van der Waals surface area (Å²) in [5, 5.41) is 3.06. The molecule has 0 heterocycles. The molecule has 4 bridgehead atoms. The number of hydrogen-bond acceptors (Lipinski definition) is 3. The predicted octanol–water partition coefficient (Wildman–Crippen LogP) is 3.64. The van der Waals surface area contributed by atoms with E-state index >= 15 is 0 Å². The lowest BCUT2D eigenvalue weighted by molar-refractivity contribution is -0.140. The summed E-state index contributed by atoms with van der Waals surface area (Å²) in [7, 11) is -3.19. The normalized spacial score (nSPS) is 34.3. The van der Waals surface area contributed by atoms with Crippen molar-refractivity contribution in [2.45, 2.75) is 50.3 Å². The molecule has 0 unspecified atom stereocenters. The fraction of sp³-hybridized carbons (Fsp3) is 0.632. The number of sulfone groups is 1. The molecule has 0 spiro atoms. The van der Waals surface area contributed by atoms with Gasteiger partial charge in [-0.2, -0.15) is 0 Å². The van der Waals surface area contributed by atoms with Crippen LogP contribution in [0, 0.1) is 23.2 Å². The van der Waals surface area contributed by atoms with Gasteiger partial charge in [-0.05, 0) is 80.5 Å². The van der Waals surface area contributed by atoms with Crippen LogP contribution >= 0.6 is 0 Å². The molecule has 5 heteroatoms. The summed E-state index contributed by atoms with van der Waals surface area (Å²) in [5.41, 5.74) is 0.522. The third-order valence-electron chi connectivity index (χ3n) is 6.37. The van der Waals surface area contributed by atoms with Gasteiger partial charge in [-0.1, -0.05) is 6.92 Å². The van der Waals surface area contributed by atoms with Crippen LogP contribution in [0.25, 0.3) is 0 Å². The average Bonchev–Trinajstić information content (AvgIpc) is 2.54. The molecule has 0 radical (unpaired) electrons. The highest BCUT2D eigenvalue weighted by Gasteiger charge is 2.54. The van der Waals surface area contributed by atoms with Gasteiger partial charge in [-0.15, -0.1) is 0 Å². The molecule has 5 rings (SSSR count). The van der Waals surface area contributed by atoms with Crippen molar-refractivity contribution in [3.05, 3.63) is 24.3 Å². The highest BCUT2D eigenvalue weighted by molar-refractivity contribution is 7.91. The molecule has 0 aromatic heterocycles. The first-order valence-electron chi connectivity index (χ1n) is 9.04. The summed E-state index contributed by atoms with van der Waals surface area (Å²) in [6.07, 6.45) is 7.05. The van der Waals surface area contributed by atoms with Crippen LogP contribution in [0.15, 0.2) is 29.2 Å². The van der Waals surface area contributed by atoms with Gasteiger partial charge >= 0.3 is 0 Å². The van der Waals surface area contributed by atoms with Gasteiger partial charge in [0, 0.05) is 5.69 Å². The van der Waals surface area contributed by atoms with Gasteiger partial charge in [0.05, 0.1) is 16.1 Å². The molecule has 0 saturated heterocycles. The highest BCUT2D eigenvalue weighted by Crippen LogP contribution is 2.60. The largest absolute Gasteiger partial charge is 0.326 e. The van der Waals surface area contributed by atoms with Gasteiger partial charge in [0.15, 0.2) is 9.84 Å². The summed E-state index contributed by atoms with van der Waals surface area (Å²) in [5.74, 6) is 2.44. The Morgan fingerprint density at radius 2 is 1.54 bits per heavy atom. The van der Waals surface area contributed by atoms with Gasteiger partial charge < -0.3 is 5.32 Å². The summed E-state index contributed by atoms with van der Waals surface area (Å²) in [6, 6.07) is 6.60. The Labute approximate surface area is 143 Å². The second-order valence-corrected chi connectivity index (χ2v) is 10.4. The molecular weight excluding hydrogens is 322 g/mol. The Bertz CT molecular complexity index is 716. The fourth-order valence-electron chi connectivity index (χ4n) is 5.56. The minimum absolute atomic E-state index is 0.0893. The van der Waals surface area contributed by atoms with E-state index in [2.05, 4.69) is 5.32 Å². The SMILES string of the molecule is CCS(=O)(=O)c1ccc(NC(=O)C23CC4CC(CC(C4)C2)C3)cc1. The summed E-state index contributed by atoms with van der Waals surface area (Å²) in [6.45, 7) is 1.64. The lowest BCUT2D eigenvalue weighted by Crippen LogP contribution is -2.51. The number of nitrogens with one attached hydrogen (secondary N) is 1. The van der Waals surface area contributed by atoms with E-state index in [1.165, 1.54) is 19.3 Å². The van der Waals surface area contributed by atoms with Crippen molar-refractivity contribution in [3.63, 3.8) is 0 Å². The molecule has 4 aliphatic rings. The smallest absolute Gasteiger partial charge is 0.230 e. The van der Waals surface area contributed by atoms with Crippen LogP contribution in [0.4, 0.5) is 5.69 Å². The van der Waals surface area contributed by atoms with E-state index < -0.39 is 9.84 Å². The van der Waals surface area contributed by atoms with Crippen molar-refractivity contribution in [1.82, 2.24) is 0 Å². The Morgan fingerprint density at radius 3 is 2.00 bits per heavy atom. The van der Waals surface area contributed by atoms with Gasteiger partial charge in [0.25, 0.3) is 0 Å². The average molecular weight is 347 g/mol. The maximum Gasteiger partial charge on any atom is 0.230 e. The molecule has 1 N–H and O–H groups in total. The first-order valence-corrected chi connectivity index (χ1v) is 10.7. The Balaban J connectivity index is 1.50. The van der Waals surface area contributed by atoms with Crippen molar-refractivity contribution < 1.29 is 13.2 Å². The number of carbonyl (C=O) groups is 1. The highest BCUT2D eigenvalue weighted by atomic mass is 32.2. The molecule has 0 atom stereocenters. The zero-order chi connectivity index (χ0) is 16.9. The Kier molecular flexibility index (Phi) is 3.75. The van der Waals surface area contributed by atoms with Crippen molar-refractivity contribution in [2.24, 2.45) is 23.2 Å². The van der Waals surface area contributed by atoms with E-state index in [0.717, 1.165) is 37.0 Å². The zero-order valence-corrected chi connectivity index (χ0v) is 14.9. The summed E-state index contributed by atoms with van der Waals surface area (Å²) >= 11 is 0. The third kappa shape index (κ3) is 2.67. The molecule has 4 saturated carbocycles. The number of amides is 1. The molecular formula is C19H25NO3S. The first-order chi connectivity index (χ1) is 11.4. The van der Waals surface area contributed by atoms with E-state index in [0.29, 0.717) is 10.6 Å². The third-order valence-corrected chi connectivity index (χ3v) is 8.12. The van der Waals surface area contributed by atoms with E-state index in [9.17, 15) is 13.2 Å². The minimum atomic E-state index is -3.19. The summed E-state index contributed by atoms with van der Waals surface area (Å²) in [4.78, 5) is 13.3. The second-order valence-electron chi connectivity index (χ2n) is 8.08. The monoisotopic (exact) mass is 347 g/mol. The second kappa shape index (κ2) is 5.58. The lowest BCUT2D eigenvalue weighted by atomic mass is 9.49. The predicted molar refractivity (Wildman–Crippen MR) is 93.4 cm³/mol. The van der Waals surface area contributed by atoms with Crippen LogP contribution in [-0.2, 0) is 14.6 Å². The van der Waals surface area contributed by atoms with Crippen LogP contribution in [0.5, 0.6) is 0 Å². The molecule has 1 amide bonds. The molecule has 0 aliphatic heterocycles. The van der Waals surface area contributed by atoms with E-state index in [1.54, 1.807) is 31.2 Å². The van der Waals surface area contributed by atoms with Crippen molar-refractivity contribution in [3.8, 4) is 0 Å². The van der Waals surface area contributed by atoms with Crippen LogP contribution in [-0.4, -0.2) is 20.1 Å². The Morgan fingerprint density at radius 1 is 1.04 bits per heavy atom. The number of benzene rings is 1. The van der Waals surface area contributed by atoms with Crippen LogP contribution in [0.2, 0.25) is 0 Å². The maximum atomic E-state index is 13.0. The van der Waals surface area contributed by atoms with Gasteiger partial charge in [0.2, 0.25) is 5.91 Å². The zero-order valence-electron chi connectivity index (χ0n) is 14.1. The first kappa shape index (κ1) is 16.1. The maximum absolute atomic E-state index is 13.0.